The Balaban J connectivity index is 1.53. The van der Waals surface area contributed by atoms with Gasteiger partial charge in [0.25, 0.3) is 0 Å². The van der Waals surface area contributed by atoms with E-state index < -0.39 is 0 Å². The van der Waals surface area contributed by atoms with Gasteiger partial charge in [0, 0.05) is 10.2 Å². The molecule has 0 saturated carbocycles. The van der Waals surface area contributed by atoms with Crippen LogP contribution in [0.1, 0.15) is 17.0 Å². The van der Waals surface area contributed by atoms with Crippen molar-refractivity contribution in [3.05, 3.63) is 70.0 Å². The number of H-pyrrole nitrogens is 1. The van der Waals surface area contributed by atoms with Gasteiger partial charge in [-0.05, 0) is 36.2 Å². The fourth-order valence-corrected chi connectivity index (χ4v) is 3.04. The first-order valence-electron chi connectivity index (χ1n) is 7.17. The maximum Gasteiger partial charge on any atom is 0.208 e. The summed E-state index contributed by atoms with van der Waals surface area (Å²) in [5.41, 5.74) is 2.34. The zero-order valence-electron chi connectivity index (χ0n) is 12.6. The number of aromatic amines is 1. The number of halogens is 1. The van der Waals surface area contributed by atoms with Gasteiger partial charge in [0.1, 0.15) is 12.4 Å². The summed E-state index contributed by atoms with van der Waals surface area (Å²) < 4.78 is 6.85. The number of rotatable bonds is 6. The van der Waals surface area contributed by atoms with Crippen LogP contribution in [0.3, 0.4) is 0 Å². The molecule has 0 atom stereocenters. The van der Waals surface area contributed by atoms with E-state index in [-0.39, 0.29) is 0 Å². The highest BCUT2D eigenvalue weighted by Crippen LogP contribution is 2.21. The molecule has 0 amide bonds. The first-order chi connectivity index (χ1) is 11.2. The minimum absolute atomic E-state index is 0.386. The molecule has 23 heavy (non-hydrogen) atoms. The van der Waals surface area contributed by atoms with E-state index in [9.17, 15) is 0 Å². The van der Waals surface area contributed by atoms with Crippen molar-refractivity contribution < 1.29 is 4.74 Å². The van der Waals surface area contributed by atoms with Gasteiger partial charge in [-0.15, -0.1) is 5.10 Å². The van der Waals surface area contributed by atoms with Crippen LogP contribution in [0.5, 0.6) is 5.75 Å². The van der Waals surface area contributed by atoms with Crippen LogP contribution in [0.2, 0.25) is 0 Å². The highest BCUT2D eigenvalue weighted by molar-refractivity contribution is 9.10. The molecule has 0 spiro atoms. The number of hydrogen-bond acceptors (Lipinski definition) is 4. The van der Waals surface area contributed by atoms with Crippen molar-refractivity contribution in [2.24, 2.45) is 0 Å². The highest BCUT2D eigenvalue weighted by atomic mass is 79.9. The molecule has 2 aromatic carbocycles. The number of aryl methyl sites for hydroxylation is 1. The van der Waals surface area contributed by atoms with E-state index in [1.54, 1.807) is 11.8 Å². The molecule has 0 saturated heterocycles. The number of aromatic nitrogens is 3. The Bertz CT molecular complexity index is 774. The Morgan fingerprint density at radius 3 is 2.70 bits per heavy atom. The SMILES string of the molecule is Cc1ccccc1OCc1nc(SCc2ccc(Br)cc2)n[nH]1. The summed E-state index contributed by atoms with van der Waals surface area (Å²) >= 11 is 5.04. The van der Waals surface area contributed by atoms with Gasteiger partial charge in [0.2, 0.25) is 5.16 Å². The molecule has 1 heterocycles. The van der Waals surface area contributed by atoms with Gasteiger partial charge >= 0.3 is 0 Å². The molecule has 0 unspecified atom stereocenters. The first kappa shape index (κ1) is 16.1. The summed E-state index contributed by atoms with van der Waals surface area (Å²) in [6, 6.07) is 16.2. The smallest absolute Gasteiger partial charge is 0.208 e. The Morgan fingerprint density at radius 1 is 1.13 bits per heavy atom. The zero-order chi connectivity index (χ0) is 16.1. The number of benzene rings is 2. The third kappa shape index (κ3) is 4.59. The van der Waals surface area contributed by atoms with Crippen molar-refractivity contribution in [2.75, 3.05) is 0 Å². The topological polar surface area (TPSA) is 50.8 Å². The van der Waals surface area contributed by atoms with Gasteiger partial charge in [0.05, 0.1) is 0 Å². The molecular weight excluding hydrogens is 374 g/mol. The predicted octanol–water partition coefficient (Wildman–Crippen LogP) is 4.75. The van der Waals surface area contributed by atoms with E-state index in [0.29, 0.717) is 6.61 Å². The fourth-order valence-electron chi connectivity index (χ4n) is 2.00. The Labute approximate surface area is 147 Å². The van der Waals surface area contributed by atoms with E-state index in [1.165, 1.54) is 5.56 Å². The van der Waals surface area contributed by atoms with Gasteiger partial charge in [-0.25, -0.2) is 4.98 Å². The second-order valence-electron chi connectivity index (χ2n) is 5.03. The van der Waals surface area contributed by atoms with Crippen LogP contribution in [0.15, 0.2) is 58.2 Å². The van der Waals surface area contributed by atoms with Crippen LogP contribution in [0, 0.1) is 6.92 Å². The van der Waals surface area contributed by atoms with Crippen LogP contribution in [0.25, 0.3) is 0 Å². The van der Waals surface area contributed by atoms with Crippen molar-refractivity contribution >= 4 is 27.7 Å². The second kappa shape index (κ2) is 7.66. The molecule has 1 aromatic heterocycles. The summed E-state index contributed by atoms with van der Waals surface area (Å²) in [6.45, 7) is 2.41. The number of ether oxygens (including phenoxy) is 1. The van der Waals surface area contributed by atoms with Crippen molar-refractivity contribution in [3.8, 4) is 5.75 Å². The molecule has 0 bridgehead atoms. The average Bonchev–Trinajstić information content (AvgIpc) is 3.02. The van der Waals surface area contributed by atoms with Gasteiger partial charge < -0.3 is 4.74 Å². The lowest BCUT2D eigenvalue weighted by Gasteiger charge is -2.06. The number of thioether (sulfide) groups is 1. The number of nitrogens with zero attached hydrogens (tertiary/aromatic N) is 2. The minimum atomic E-state index is 0.386. The summed E-state index contributed by atoms with van der Waals surface area (Å²) in [5, 5.41) is 7.88. The van der Waals surface area contributed by atoms with Gasteiger partial charge in [-0.3, -0.25) is 5.10 Å². The molecule has 118 valence electrons. The van der Waals surface area contributed by atoms with E-state index in [0.717, 1.165) is 32.5 Å². The minimum Gasteiger partial charge on any atom is -0.485 e. The molecule has 0 aliphatic heterocycles. The molecule has 4 nitrogen and oxygen atoms in total. The third-order valence-electron chi connectivity index (χ3n) is 3.25. The normalized spacial score (nSPS) is 10.7. The van der Waals surface area contributed by atoms with Gasteiger partial charge in [-0.2, -0.15) is 0 Å². The second-order valence-corrected chi connectivity index (χ2v) is 6.89. The average molecular weight is 390 g/mol. The summed E-state index contributed by atoms with van der Waals surface area (Å²) in [6.07, 6.45) is 0. The Kier molecular flexibility index (Phi) is 5.35. The van der Waals surface area contributed by atoms with Crippen LogP contribution < -0.4 is 4.74 Å². The van der Waals surface area contributed by atoms with E-state index in [4.69, 9.17) is 4.74 Å². The number of hydrogen-bond donors (Lipinski definition) is 1. The molecule has 0 radical (unpaired) electrons. The van der Waals surface area contributed by atoms with E-state index >= 15 is 0 Å². The van der Waals surface area contributed by atoms with E-state index in [1.807, 2.05) is 43.3 Å². The molecule has 6 heteroatoms. The lowest BCUT2D eigenvalue weighted by molar-refractivity contribution is 0.294. The van der Waals surface area contributed by atoms with Crippen molar-refractivity contribution in [2.45, 2.75) is 24.4 Å². The van der Waals surface area contributed by atoms with Crippen LogP contribution in [-0.2, 0) is 12.4 Å². The lowest BCUT2D eigenvalue weighted by atomic mass is 10.2. The molecule has 0 aliphatic rings. The molecule has 1 N–H and O–H groups in total. The number of nitrogens with one attached hydrogen (secondary N) is 1. The summed E-state index contributed by atoms with van der Waals surface area (Å²) in [4.78, 5) is 4.45. The highest BCUT2D eigenvalue weighted by Gasteiger charge is 2.06. The third-order valence-corrected chi connectivity index (χ3v) is 4.70. The Morgan fingerprint density at radius 2 is 1.91 bits per heavy atom. The fraction of sp³-hybridized carbons (Fsp3) is 0.176. The van der Waals surface area contributed by atoms with Crippen LogP contribution >= 0.6 is 27.7 Å². The zero-order valence-corrected chi connectivity index (χ0v) is 15.0. The molecule has 0 fully saturated rings. The van der Waals surface area contributed by atoms with Gasteiger partial charge in [-0.1, -0.05) is 58.0 Å². The first-order valence-corrected chi connectivity index (χ1v) is 8.95. The maximum absolute atomic E-state index is 5.76. The van der Waals surface area contributed by atoms with Crippen LogP contribution in [0.4, 0.5) is 0 Å². The monoisotopic (exact) mass is 389 g/mol. The molecule has 3 rings (SSSR count). The Hall–Kier alpha value is -1.79. The molecule has 3 aromatic rings. The lowest BCUT2D eigenvalue weighted by Crippen LogP contribution is -1.98. The largest absolute Gasteiger partial charge is 0.485 e. The van der Waals surface area contributed by atoms with Gasteiger partial charge in [0.15, 0.2) is 5.82 Å². The van der Waals surface area contributed by atoms with Crippen molar-refractivity contribution in [1.82, 2.24) is 15.2 Å². The van der Waals surface area contributed by atoms with E-state index in [2.05, 4.69) is 43.2 Å². The quantitative estimate of drug-likeness (QED) is 0.618. The molecule has 0 aliphatic carbocycles. The number of para-hydroxylation sites is 1. The standard InChI is InChI=1S/C17H16BrN3OS/c1-12-4-2-3-5-15(12)22-10-16-19-17(21-20-16)23-11-13-6-8-14(18)9-7-13/h2-9H,10-11H2,1H3,(H,19,20,21). The maximum atomic E-state index is 5.76. The van der Waals surface area contributed by atoms with Crippen LogP contribution in [-0.4, -0.2) is 15.2 Å². The summed E-state index contributed by atoms with van der Waals surface area (Å²) in [5.74, 6) is 2.43. The predicted molar refractivity (Wildman–Crippen MR) is 95.6 cm³/mol. The summed E-state index contributed by atoms with van der Waals surface area (Å²) in [7, 11) is 0. The molecular formula is C17H16BrN3OS. The van der Waals surface area contributed by atoms with Crippen molar-refractivity contribution in [1.29, 1.82) is 0 Å². The van der Waals surface area contributed by atoms with Crippen molar-refractivity contribution in [3.63, 3.8) is 0 Å².